The third-order valence-electron chi connectivity index (χ3n) is 3.97. The Hall–Kier alpha value is -2.10. The molecule has 104 valence electrons. The van der Waals surface area contributed by atoms with Gasteiger partial charge in [-0.1, -0.05) is 30.3 Å². The molecule has 1 aliphatic rings. The molecule has 1 aliphatic heterocycles. The number of benzene rings is 1. The van der Waals surface area contributed by atoms with Crippen molar-refractivity contribution in [1.29, 1.82) is 0 Å². The van der Waals surface area contributed by atoms with Crippen LogP contribution in [0, 0.1) is 5.92 Å². The van der Waals surface area contributed by atoms with Gasteiger partial charge in [-0.25, -0.2) is 4.98 Å². The molecule has 1 N–H and O–H groups in total. The van der Waals surface area contributed by atoms with Crippen molar-refractivity contribution in [2.45, 2.75) is 19.3 Å². The normalized spacial score (nSPS) is 16.3. The summed E-state index contributed by atoms with van der Waals surface area (Å²) in [5, 5.41) is 0. The molecule has 0 unspecified atom stereocenters. The van der Waals surface area contributed by atoms with Crippen LogP contribution in [0.4, 0.5) is 0 Å². The summed E-state index contributed by atoms with van der Waals surface area (Å²) in [7, 11) is 0. The van der Waals surface area contributed by atoms with Crippen LogP contribution in [0.5, 0.6) is 0 Å². The van der Waals surface area contributed by atoms with Crippen molar-refractivity contribution in [3.05, 3.63) is 54.1 Å². The first-order chi connectivity index (χ1) is 9.83. The van der Waals surface area contributed by atoms with Crippen molar-refractivity contribution in [3.8, 4) is 0 Å². The second-order valence-electron chi connectivity index (χ2n) is 5.36. The largest absolute Gasteiger partial charge is 0.341 e. The van der Waals surface area contributed by atoms with E-state index in [4.69, 9.17) is 0 Å². The van der Waals surface area contributed by atoms with Gasteiger partial charge in [-0.15, -0.1) is 0 Å². The molecular weight excluding hydrogens is 250 g/mol. The van der Waals surface area contributed by atoms with E-state index in [1.165, 1.54) is 5.56 Å². The number of nitrogens with one attached hydrogen (secondary N) is 1. The number of nitrogens with zero attached hydrogens (tertiary/aromatic N) is 2. The molecule has 0 radical (unpaired) electrons. The molecule has 2 heterocycles. The molecule has 1 aromatic carbocycles. The molecule has 2 aromatic rings. The van der Waals surface area contributed by atoms with Gasteiger partial charge in [-0.3, -0.25) is 4.79 Å². The molecule has 0 bridgehead atoms. The van der Waals surface area contributed by atoms with Crippen LogP contribution in [-0.2, 0) is 6.42 Å². The minimum Gasteiger partial charge on any atom is -0.341 e. The van der Waals surface area contributed by atoms with Crippen LogP contribution in [0.15, 0.2) is 42.7 Å². The van der Waals surface area contributed by atoms with Gasteiger partial charge in [0.25, 0.3) is 5.91 Å². The van der Waals surface area contributed by atoms with E-state index in [2.05, 4.69) is 34.2 Å². The maximum absolute atomic E-state index is 12.2. The molecule has 0 aliphatic carbocycles. The summed E-state index contributed by atoms with van der Waals surface area (Å²) in [6.07, 6.45) is 6.57. The summed E-state index contributed by atoms with van der Waals surface area (Å²) in [6.45, 7) is 1.66. The van der Waals surface area contributed by atoms with Crippen LogP contribution in [0.25, 0.3) is 0 Å². The first kappa shape index (κ1) is 12.9. The van der Waals surface area contributed by atoms with Gasteiger partial charge in [0.05, 0.1) is 0 Å². The van der Waals surface area contributed by atoms with E-state index in [9.17, 15) is 4.79 Å². The maximum Gasteiger partial charge on any atom is 0.289 e. The fourth-order valence-corrected chi connectivity index (χ4v) is 2.82. The molecule has 3 rings (SSSR count). The number of hydrogen-bond acceptors (Lipinski definition) is 2. The Morgan fingerprint density at radius 2 is 2.00 bits per heavy atom. The highest BCUT2D eigenvalue weighted by molar-refractivity contribution is 5.90. The number of imidazole rings is 1. The molecule has 4 heteroatoms. The minimum atomic E-state index is 0.0214. The summed E-state index contributed by atoms with van der Waals surface area (Å²) < 4.78 is 0. The fourth-order valence-electron chi connectivity index (χ4n) is 2.82. The number of H-pyrrole nitrogens is 1. The lowest BCUT2D eigenvalue weighted by Gasteiger charge is -2.31. The molecule has 4 nitrogen and oxygen atoms in total. The predicted molar refractivity (Wildman–Crippen MR) is 77.4 cm³/mol. The van der Waals surface area contributed by atoms with E-state index in [1.807, 2.05) is 11.0 Å². The zero-order valence-corrected chi connectivity index (χ0v) is 11.5. The number of carbonyl (C=O) groups is 1. The van der Waals surface area contributed by atoms with Gasteiger partial charge in [0.15, 0.2) is 5.82 Å². The third kappa shape index (κ3) is 2.90. The average molecular weight is 269 g/mol. The first-order valence-corrected chi connectivity index (χ1v) is 7.15. The smallest absolute Gasteiger partial charge is 0.289 e. The lowest BCUT2D eigenvalue weighted by Crippen LogP contribution is -2.39. The minimum absolute atomic E-state index is 0.0214. The second-order valence-corrected chi connectivity index (χ2v) is 5.36. The van der Waals surface area contributed by atoms with Crippen LogP contribution in [-0.4, -0.2) is 33.9 Å². The van der Waals surface area contributed by atoms with Gasteiger partial charge in [0.1, 0.15) is 0 Å². The van der Waals surface area contributed by atoms with Gasteiger partial charge in [0, 0.05) is 25.5 Å². The predicted octanol–water partition coefficient (Wildman–Crippen LogP) is 2.50. The molecule has 0 spiro atoms. The van der Waals surface area contributed by atoms with Crippen LogP contribution in [0.1, 0.15) is 29.0 Å². The zero-order valence-electron chi connectivity index (χ0n) is 11.5. The topological polar surface area (TPSA) is 49.0 Å². The summed E-state index contributed by atoms with van der Waals surface area (Å²) >= 11 is 0. The number of piperidine rings is 1. The van der Waals surface area contributed by atoms with Crippen LogP contribution in [0.3, 0.4) is 0 Å². The Labute approximate surface area is 118 Å². The SMILES string of the molecule is O=C(c1ncc[nH]1)N1CCC(Cc2ccccc2)CC1. The van der Waals surface area contributed by atoms with Crippen LogP contribution >= 0.6 is 0 Å². The molecule has 0 saturated carbocycles. The molecule has 1 fully saturated rings. The molecular formula is C16H19N3O. The number of carbonyl (C=O) groups excluding carboxylic acids is 1. The van der Waals surface area contributed by atoms with Gasteiger partial charge in [-0.2, -0.15) is 0 Å². The maximum atomic E-state index is 12.2. The van der Waals surface area contributed by atoms with E-state index in [0.29, 0.717) is 11.7 Å². The van der Waals surface area contributed by atoms with Crippen molar-refractivity contribution in [2.75, 3.05) is 13.1 Å². The number of amides is 1. The number of likely N-dealkylation sites (tertiary alicyclic amines) is 1. The molecule has 0 atom stereocenters. The Balaban J connectivity index is 1.53. The molecule has 1 aromatic heterocycles. The Morgan fingerprint density at radius 1 is 1.25 bits per heavy atom. The summed E-state index contributed by atoms with van der Waals surface area (Å²) in [6, 6.07) is 10.6. The summed E-state index contributed by atoms with van der Waals surface area (Å²) in [4.78, 5) is 21.0. The van der Waals surface area contributed by atoms with E-state index in [0.717, 1.165) is 32.4 Å². The Morgan fingerprint density at radius 3 is 2.65 bits per heavy atom. The van der Waals surface area contributed by atoms with Crippen LogP contribution < -0.4 is 0 Å². The Bertz CT molecular complexity index is 542. The van der Waals surface area contributed by atoms with Crippen LogP contribution in [0.2, 0.25) is 0 Å². The lowest BCUT2D eigenvalue weighted by atomic mass is 9.90. The lowest BCUT2D eigenvalue weighted by molar-refractivity contribution is 0.0679. The third-order valence-corrected chi connectivity index (χ3v) is 3.97. The molecule has 1 amide bonds. The highest BCUT2D eigenvalue weighted by Gasteiger charge is 2.24. The number of hydrogen-bond donors (Lipinski definition) is 1. The average Bonchev–Trinajstić information content (AvgIpc) is 3.03. The van der Waals surface area contributed by atoms with Gasteiger partial charge < -0.3 is 9.88 Å². The van der Waals surface area contributed by atoms with Crippen molar-refractivity contribution in [2.24, 2.45) is 5.92 Å². The standard InChI is InChI=1S/C16H19N3O/c20-16(15-17-8-9-18-15)19-10-6-14(7-11-19)12-13-4-2-1-3-5-13/h1-5,8-9,14H,6-7,10-12H2,(H,17,18). The van der Waals surface area contributed by atoms with Gasteiger partial charge >= 0.3 is 0 Å². The van der Waals surface area contributed by atoms with Gasteiger partial charge in [-0.05, 0) is 30.7 Å². The monoisotopic (exact) mass is 269 g/mol. The fraction of sp³-hybridized carbons (Fsp3) is 0.375. The number of aromatic amines is 1. The highest BCUT2D eigenvalue weighted by atomic mass is 16.2. The zero-order chi connectivity index (χ0) is 13.8. The summed E-state index contributed by atoms with van der Waals surface area (Å²) in [5.41, 5.74) is 1.39. The highest BCUT2D eigenvalue weighted by Crippen LogP contribution is 2.22. The van der Waals surface area contributed by atoms with E-state index in [-0.39, 0.29) is 5.91 Å². The van der Waals surface area contributed by atoms with E-state index >= 15 is 0 Å². The second kappa shape index (κ2) is 5.90. The van der Waals surface area contributed by atoms with Crippen molar-refractivity contribution < 1.29 is 4.79 Å². The molecule has 1 saturated heterocycles. The quantitative estimate of drug-likeness (QED) is 0.930. The van der Waals surface area contributed by atoms with Crippen molar-refractivity contribution in [3.63, 3.8) is 0 Å². The Kier molecular flexibility index (Phi) is 3.81. The molecule has 20 heavy (non-hydrogen) atoms. The van der Waals surface area contributed by atoms with E-state index < -0.39 is 0 Å². The first-order valence-electron chi connectivity index (χ1n) is 7.15. The number of rotatable bonds is 3. The van der Waals surface area contributed by atoms with Crippen molar-refractivity contribution >= 4 is 5.91 Å². The van der Waals surface area contributed by atoms with E-state index in [1.54, 1.807) is 12.4 Å². The van der Waals surface area contributed by atoms with Crippen molar-refractivity contribution in [1.82, 2.24) is 14.9 Å². The van der Waals surface area contributed by atoms with Gasteiger partial charge in [0.2, 0.25) is 0 Å². The summed E-state index contributed by atoms with van der Waals surface area (Å²) in [5.74, 6) is 1.15. The number of aromatic nitrogens is 2.